The Morgan fingerprint density at radius 2 is 2.00 bits per heavy atom. The first kappa shape index (κ1) is 14.0. The van der Waals surface area contributed by atoms with E-state index in [1.807, 2.05) is 6.92 Å². The van der Waals surface area contributed by atoms with Gasteiger partial charge in [-0.15, -0.1) is 0 Å². The highest BCUT2D eigenvalue weighted by molar-refractivity contribution is 5.32. The molecule has 0 aliphatic heterocycles. The van der Waals surface area contributed by atoms with Gasteiger partial charge in [-0.2, -0.15) is 0 Å². The van der Waals surface area contributed by atoms with Crippen molar-refractivity contribution >= 4 is 0 Å². The molecule has 2 nitrogen and oxygen atoms in total. The summed E-state index contributed by atoms with van der Waals surface area (Å²) in [6.07, 6.45) is 0. The summed E-state index contributed by atoms with van der Waals surface area (Å²) >= 11 is 0. The minimum Gasteiger partial charge on any atom is -0.493 e. The number of rotatable bonds is 6. The van der Waals surface area contributed by atoms with E-state index in [1.54, 1.807) is 6.07 Å². The van der Waals surface area contributed by atoms with Crippen LogP contribution in [0.25, 0.3) is 0 Å². The maximum Gasteiger partial charge on any atom is 0.126 e. The normalized spacial score (nSPS) is 12.8. The van der Waals surface area contributed by atoms with Gasteiger partial charge in [-0.3, -0.25) is 0 Å². The summed E-state index contributed by atoms with van der Waals surface area (Å²) in [5.41, 5.74) is 0.968. The van der Waals surface area contributed by atoms with E-state index in [2.05, 4.69) is 26.1 Å². The SMILES string of the molecule is Cc1ccc(F)cc1OCC(C)CNC(C)C. The summed E-state index contributed by atoms with van der Waals surface area (Å²) in [6, 6.07) is 5.11. The van der Waals surface area contributed by atoms with Gasteiger partial charge in [-0.05, 0) is 18.6 Å². The van der Waals surface area contributed by atoms with Gasteiger partial charge in [-0.1, -0.05) is 26.8 Å². The Hall–Kier alpha value is -1.09. The van der Waals surface area contributed by atoms with Gasteiger partial charge in [0.15, 0.2) is 0 Å². The molecule has 0 saturated heterocycles. The van der Waals surface area contributed by atoms with Crippen molar-refractivity contribution in [2.24, 2.45) is 5.92 Å². The Morgan fingerprint density at radius 3 is 2.65 bits per heavy atom. The highest BCUT2D eigenvalue weighted by Crippen LogP contribution is 2.19. The molecule has 0 aliphatic carbocycles. The Bertz CT molecular complexity index is 352. The molecular formula is C14H22FNO. The van der Waals surface area contributed by atoms with Crippen molar-refractivity contribution in [2.45, 2.75) is 33.7 Å². The number of halogens is 1. The predicted molar refractivity (Wildman–Crippen MR) is 68.9 cm³/mol. The lowest BCUT2D eigenvalue weighted by Crippen LogP contribution is -2.30. The van der Waals surface area contributed by atoms with Crippen molar-refractivity contribution in [3.8, 4) is 5.75 Å². The maximum atomic E-state index is 13.0. The van der Waals surface area contributed by atoms with Crippen LogP contribution in [0.2, 0.25) is 0 Å². The third-order valence-corrected chi connectivity index (χ3v) is 2.55. The molecule has 0 amide bonds. The molecule has 1 N–H and O–H groups in total. The summed E-state index contributed by atoms with van der Waals surface area (Å²) in [5, 5.41) is 3.35. The zero-order valence-corrected chi connectivity index (χ0v) is 11.1. The second-order valence-corrected chi connectivity index (χ2v) is 4.89. The van der Waals surface area contributed by atoms with Crippen molar-refractivity contribution in [1.82, 2.24) is 5.32 Å². The van der Waals surface area contributed by atoms with Crippen LogP contribution in [0.3, 0.4) is 0 Å². The van der Waals surface area contributed by atoms with Crippen molar-refractivity contribution in [3.63, 3.8) is 0 Å². The molecule has 1 atom stereocenters. The lowest BCUT2D eigenvalue weighted by Gasteiger charge is -2.16. The monoisotopic (exact) mass is 239 g/mol. The number of hydrogen-bond acceptors (Lipinski definition) is 2. The Labute approximate surface area is 103 Å². The molecule has 0 spiro atoms. The van der Waals surface area contributed by atoms with Crippen LogP contribution < -0.4 is 10.1 Å². The van der Waals surface area contributed by atoms with Crippen LogP contribution in [-0.2, 0) is 0 Å². The fourth-order valence-electron chi connectivity index (χ4n) is 1.46. The largest absolute Gasteiger partial charge is 0.493 e. The van der Waals surface area contributed by atoms with Crippen molar-refractivity contribution in [3.05, 3.63) is 29.6 Å². The van der Waals surface area contributed by atoms with E-state index in [0.29, 0.717) is 24.3 Å². The average molecular weight is 239 g/mol. The topological polar surface area (TPSA) is 21.3 Å². The van der Waals surface area contributed by atoms with Crippen LogP contribution in [0.5, 0.6) is 5.75 Å². The third-order valence-electron chi connectivity index (χ3n) is 2.55. The quantitative estimate of drug-likeness (QED) is 0.823. The molecule has 1 rings (SSSR count). The van der Waals surface area contributed by atoms with Gasteiger partial charge in [0.1, 0.15) is 11.6 Å². The molecule has 1 unspecified atom stereocenters. The summed E-state index contributed by atoms with van der Waals surface area (Å²) in [5.74, 6) is 0.792. The molecule has 0 heterocycles. The molecule has 0 aliphatic rings. The fourth-order valence-corrected chi connectivity index (χ4v) is 1.46. The fraction of sp³-hybridized carbons (Fsp3) is 0.571. The summed E-state index contributed by atoms with van der Waals surface area (Å²) in [4.78, 5) is 0. The van der Waals surface area contributed by atoms with Crippen LogP contribution in [-0.4, -0.2) is 19.2 Å². The molecular weight excluding hydrogens is 217 g/mol. The smallest absolute Gasteiger partial charge is 0.126 e. The van der Waals surface area contributed by atoms with E-state index in [9.17, 15) is 4.39 Å². The standard InChI is InChI=1S/C14H22FNO/c1-10(2)16-8-11(3)9-17-14-7-13(15)6-5-12(14)4/h5-7,10-11,16H,8-9H2,1-4H3. The van der Waals surface area contributed by atoms with Gasteiger partial charge < -0.3 is 10.1 Å². The van der Waals surface area contributed by atoms with Crippen molar-refractivity contribution < 1.29 is 9.13 Å². The number of hydrogen-bond donors (Lipinski definition) is 1. The Balaban J connectivity index is 2.41. The second-order valence-electron chi connectivity index (χ2n) is 4.89. The molecule has 0 radical (unpaired) electrons. The number of benzene rings is 1. The van der Waals surface area contributed by atoms with Crippen molar-refractivity contribution in [1.29, 1.82) is 0 Å². The molecule has 1 aromatic rings. The first-order valence-electron chi connectivity index (χ1n) is 6.11. The van der Waals surface area contributed by atoms with Crippen LogP contribution in [0.15, 0.2) is 18.2 Å². The molecule has 96 valence electrons. The Kier molecular flexibility index (Phi) is 5.42. The van der Waals surface area contributed by atoms with E-state index >= 15 is 0 Å². The van der Waals surface area contributed by atoms with Crippen LogP contribution in [0.1, 0.15) is 26.3 Å². The van der Waals surface area contributed by atoms with E-state index in [0.717, 1.165) is 12.1 Å². The zero-order chi connectivity index (χ0) is 12.8. The van der Waals surface area contributed by atoms with Crippen LogP contribution >= 0.6 is 0 Å². The summed E-state index contributed by atoms with van der Waals surface area (Å²) in [6.45, 7) is 9.78. The number of aryl methyl sites for hydroxylation is 1. The molecule has 3 heteroatoms. The van der Waals surface area contributed by atoms with Crippen LogP contribution in [0.4, 0.5) is 4.39 Å². The van der Waals surface area contributed by atoms with E-state index in [-0.39, 0.29) is 5.82 Å². The summed E-state index contributed by atoms with van der Waals surface area (Å²) < 4.78 is 18.7. The van der Waals surface area contributed by atoms with E-state index in [4.69, 9.17) is 4.74 Å². The number of nitrogens with one attached hydrogen (secondary N) is 1. The molecule has 0 fully saturated rings. The minimum atomic E-state index is -0.251. The van der Waals surface area contributed by atoms with Gasteiger partial charge in [0.25, 0.3) is 0 Å². The summed E-state index contributed by atoms with van der Waals surface area (Å²) in [7, 11) is 0. The first-order chi connectivity index (χ1) is 7.99. The highest BCUT2D eigenvalue weighted by Gasteiger charge is 2.06. The molecule has 1 aromatic carbocycles. The number of ether oxygens (including phenoxy) is 1. The van der Waals surface area contributed by atoms with Crippen molar-refractivity contribution in [2.75, 3.05) is 13.2 Å². The van der Waals surface area contributed by atoms with Crippen LogP contribution in [0, 0.1) is 18.7 Å². The molecule has 0 aromatic heterocycles. The maximum absolute atomic E-state index is 13.0. The second kappa shape index (κ2) is 6.60. The zero-order valence-electron chi connectivity index (χ0n) is 11.1. The lowest BCUT2D eigenvalue weighted by molar-refractivity contribution is 0.250. The van der Waals surface area contributed by atoms with Gasteiger partial charge in [0.2, 0.25) is 0 Å². The Morgan fingerprint density at radius 1 is 1.29 bits per heavy atom. The molecule has 0 bridgehead atoms. The van der Waals surface area contributed by atoms with Gasteiger partial charge in [0.05, 0.1) is 6.61 Å². The molecule has 0 saturated carbocycles. The third kappa shape index (κ3) is 5.18. The van der Waals surface area contributed by atoms with E-state index in [1.165, 1.54) is 12.1 Å². The van der Waals surface area contributed by atoms with Gasteiger partial charge in [0, 0.05) is 24.6 Å². The average Bonchev–Trinajstić information content (AvgIpc) is 2.27. The predicted octanol–water partition coefficient (Wildman–Crippen LogP) is 3.15. The minimum absolute atomic E-state index is 0.251. The molecule has 17 heavy (non-hydrogen) atoms. The van der Waals surface area contributed by atoms with E-state index < -0.39 is 0 Å². The van der Waals surface area contributed by atoms with Gasteiger partial charge in [-0.25, -0.2) is 4.39 Å². The first-order valence-corrected chi connectivity index (χ1v) is 6.11. The highest BCUT2D eigenvalue weighted by atomic mass is 19.1. The van der Waals surface area contributed by atoms with Gasteiger partial charge >= 0.3 is 0 Å². The lowest BCUT2D eigenvalue weighted by atomic mass is 10.2.